The van der Waals surface area contributed by atoms with E-state index in [0.29, 0.717) is 26.1 Å². The van der Waals surface area contributed by atoms with Crippen LogP contribution in [0.2, 0.25) is 0 Å². The summed E-state index contributed by atoms with van der Waals surface area (Å²) in [5.41, 5.74) is 6.54. The molecule has 0 radical (unpaired) electrons. The Labute approximate surface area is 153 Å². The molecule has 1 atom stereocenters. The number of carbonyl (C=O) groups is 2. The number of piperidine rings is 2. The highest BCUT2D eigenvalue weighted by molar-refractivity contribution is 5.78. The predicted octanol–water partition coefficient (Wildman–Crippen LogP) is -0.107. The summed E-state index contributed by atoms with van der Waals surface area (Å²) in [5, 5.41) is 9.58. The zero-order chi connectivity index (χ0) is 18.6. The minimum Gasteiger partial charge on any atom is -0.391 e. The van der Waals surface area contributed by atoms with Gasteiger partial charge in [-0.3, -0.25) is 9.59 Å². The van der Waals surface area contributed by atoms with Crippen LogP contribution in [0.15, 0.2) is 12.5 Å². The average molecular weight is 363 g/mol. The maximum absolute atomic E-state index is 12.3. The van der Waals surface area contributed by atoms with E-state index in [0.717, 1.165) is 37.9 Å². The number of aromatic amines is 1. The van der Waals surface area contributed by atoms with Gasteiger partial charge in [0.25, 0.3) is 0 Å². The van der Waals surface area contributed by atoms with Crippen molar-refractivity contribution in [3.63, 3.8) is 0 Å². The van der Waals surface area contributed by atoms with Crippen molar-refractivity contribution < 1.29 is 14.7 Å². The quantitative estimate of drug-likeness (QED) is 0.652. The summed E-state index contributed by atoms with van der Waals surface area (Å²) in [6.45, 7) is 2.97. The Morgan fingerprint density at radius 1 is 1.38 bits per heavy atom. The Hall–Kier alpha value is -1.93. The number of hydrogen-bond acceptors (Lipinski definition) is 5. The van der Waals surface area contributed by atoms with E-state index in [1.807, 2.05) is 9.80 Å². The van der Waals surface area contributed by atoms with Crippen LogP contribution >= 0.6 is 0 Å². The summed E-state index contributed by atoms with van der Waals surface area (Å²) in [6.07, 6.45) is 6.87. The molecule has 1 aromatic heterocycles. The molecule has 2 aliphatic rings. The number of nitrogens with zero attached hydrogens (tertiary/aromatic N) is 3. The molecule has 0 saturated carbocycles. The molecule has 2 saturated heterocycles. The zero-order valence-electron chi connectivity index (χ0n) is 15.2. The molecule has 0 aromatic carbocycles. The van der Waals surface area contributed by atoms with Gasteiger partial charge in [0.05, 0.1) is 18.9 Å². The Kier molecular flexibility index (Phi) is 5.93. The molecule has 3 heterocycles. The zero-order valence-corrected chi connectivity index (χ0v) is 15.2. The minimum atomic E-state index is -0.760. The summed E-state index contributed by atoms with van der Waals surface area (Å²) in [7, 11) is 0. The van der Waals surface area contributed by atoms with Crippen LogP contribution in [0.25, 0.3) is 0 Å². The summed E-state index contributed by atoms with van der Waals surface area (Å²) >= 11 is 0. The number of rotatable bonds is 6. The van der Waals surface area contributed by atoms with Crippen molar-refractivity contribution in [1.82, 2.24) is 19.8 Å². The number of likely N-dealkylation sites (tertiary alicyclic amines) is 2. The normalized spacial score (nSPS) is 21.2. The monoisotopic (exact) mass is 363 g/mol. The maximum atomic E-state index is 12.3. The molecule has 8 heteroatoms. The molecule has 0 unspecified atom stereocenters. The summed E-state index contributed by atoms with van der Waals surface area (Å²) < 4.78 is 0. The number of hydrogen-bond donors (Lipinski definition) is 3. The van der Waals surface area contributed by atoms with Crippen LogP contribution in [-0.4, -0.2) is 75.5 Å². The van der Waals surface area contributed by atoms with Crippen molar-refractivity contribution in [3.05, 3.63) is 18.2 Å². The first-order chi connectivity index (χ1) is 12.5. The van der Waals surface area contributed by atoms with Crippen molar-refractivity contribution in [2.24, 2.45) is 11.1 Å². The first-order valence-corrected chi connectivity index (χ1v) is 9.42. The lowest BCUT2D eigenvalue weighted by Crippen LogP contribution is -2.53. The highest BCUT2D eigenvalue weighted by Gasteiger charge is 2.41. The molecule has 3 rings (SSSR count). The van der Waals surface area contributed by atoms with Gasteiger partial charge in [0.2, 0.25) is 11.8 Å². The van der Waals surface area contributed by atoms with Gasteiger partial charge in [-0.05, 0) is 24.7 Å². The Morgan fingerprint density at radius 3 is 2.81 bits per heavy atom. The smallest absolute Gasteiger partial charge is 0.225 e. The van der Waals surface area contributed by atoms with Crippen LogP contribution in [0.4, 0.5) is 0 Å². The number of H-pyrrole nitrogens is 1. The van der Waals surface area contributed by atoms with Gasteiger partial charge in [-0.15, -0.1) is 0 Å². The van der Waals surface area contributed by atoms with Crippen LogP contribution in [0.1, 0.15) is 37.8 Å². The number of carbonyl (C=O) groups excluding carboxylic acids is 2. The molecule has 0 aliphatic carbocycles. The van der Waals surface area contributed by atoms with E-state index >= 15 is 0 Å². The van der Waals surface area contributed by atoms with Gasteiger partial charge in [-0.25, -0.2) is 4.98 Å². The number of aliphatic hydroxyl groups is 1. The number of nitrogens with one attached hydrogen (secondary N) is 1. The lowest BCUT2D eigenvalue weighted by atomic mass is 9.72. The van der Waals surface area contributed by atoms with Crippen LogP contribution < -0.4 is 5.73 Å². The summed E-state index contributed by atoms with van der Waals surface area (Å²) in [6, 6.07) is 0. The molecule has 2 amide bonds. The first kappa shape index (κ1) is 18.8. The Bertz CT molecular complexity index is 610. The van der Waals surface area contributed by atoms with Crippen LogP contribution in [0.5, 0.6) is 0 Å². The van der Waals surface area contributed by atoms with E-state index in [9.17, 15) is 14.7 Å². The molecule has 1 spiro atoms. The van der Waals surface area contributed by atoms with E-state index in [1.54, 1.807) is 12.5 Å². The van der Waals surface area contributed by atoms with Gasteiger partial charge in [0.15, 0.2) is 0 Å². The molecule has 1 aromatic rings. The van der Waals surface area contributed by atoms with Crippen molar-refractivity contribution in [2.75, 3.05) is 32.7 Å². The molecule has 4 N–H and O–H groups in total. The van der Waals surface area contributed by atoms with E-state index in [2.05, 4.69) is 9.97 Å². The number of nitrogens with two attached hydrogens (primary N) is 1. The second-order valence-electron chi connectivity index (χ2n) is 7.62. The average Bonchev–Trinajstić information content (AvgIpc) is 3.16. The number of imidazole rings is 1. The highest BCUT2D eigenvalue weighted by Crippen LogP contribution is 2.40. The van der Waals surface area contributed by atoms with Crippen molar-refractivity contribution in [1.29, 1.82) is 0 Å². The Morgan fingerprint density at radius 2 is 2.15 bits per heavy atom. The van der Waals surface area contributed by atoms with Gasteiger partial charge < -0.3 is 25.6 Å². The summed E-state index contributed by atoms with van der Waals surface area (Å²) in [4.78, 5) is 35.4. The van der Waals surface area contributed by atoms with E-state index < -0.39 is 6.10 Å². The maximum Gasteiger partial charge on any atom is 0.225 e. The van der Waals surface area contributed by atoms with Crippen molar-refractivity contribution >= 4 is 11.8 Å². The molecule has 2 fully saturated rings. The molecule has 0 bridgehead atoms. The highest BCUT2D eigenvalue weighted by atomic mass is 16.3. The van der Waals surface area contributed by atoms with Gasteiger partial charge in [0.1, 0.15) is 0 Å². The predicted molar refractivity (Wildman–Crippen MR) is 96.0 cm³/mol. The molecular formula is C18H29N5O3. The van der Waals surface area contributed by atoms with E-state index in [-0.39, 0.29) is 30.2 Å². The first-order valence-electron chi connectivity index (χ1n) is 9.42. The lowest BCUT2D eigenvalue weighted by molar-refractivity contribution is -0.143. The third-order valence-electron chi connectivity index (χ3n) is 5.81. The summed E-state index contributed by atoms with van der Waals surface area (Å²) in [5.74, 6) is 0.195. The lowest BCUT2D eigenvalue weighted by Gasteiger charge is -2.47. The second-order valence-corrected chi connectivity index (χ2v) is 7.62. The van der Waals surface area contributed by atoms with Crippen molar-refractivity contribution in [2.45, 2.75) is 44.6 Å². The molecule has 144 valence electrons. The third-order valence-corrected chi connectivity index (χ3v) is 5.81. The molecule has 2 aliphatic heterocycles. The van der Waals surface area contributed by atoms with Gasteiger partial charge in [0, 0.05) is 57.5 Å². The fourth-order valence-electron chi connectivity index (χ4n) is 4.04. The van der Waals surface area contributed by atoms with Crippen LogP contribution in [0.3, 0.4) is 0 Å². The Balaban J connectivity index is 1.52. The number of amides is 2. The van der Waals surface area contributed by atoms with Crippen LogP contribution in [0, 0.1) is 5.41 Å². The van der Waals surface area contributed by atoms with Gasteiger partial charge in [-0.2, -0.15) is 0 Å². The van der Waals surface area contributed by atoms with E-state index in [1.165, 1.54) is 0 Å². The van der Waals surface area contributed by atoms with Gasteiger partial charge >= 0.3 is 0 Å². The molecule has 8 nitrogen and oxygen atoms in total. The number of aliphatic hydroxyl groups excluding tert-OH is 1. The largest absolute Gasteiger partial charge is 0.391 e. The SMILES string of the molecule is NC[C@H](O)CC(=O)N1CCC2(CCC(=O)N(CCc3cnc[nH]3)C2)CC1. The van der Waals surface area contributed by atoms with Gasteiger partial charge in [-0.1, -0.05) is 0 Å². The number of aromatic nitrogens is 2. The fraction of sp³-hybridized carbons (Fsp3) is 0.722. The second kappa shape index (κ2) is 8.18. The van der Waals surface area contributed by atoms with E-state index in [4.69, 9.17) is 5.73 Å². The third kappa shape index (κ3) is 4.42. The molecule has 26 heavy (non-hydrogen) atoms. The van der Waals surface area contributed by atoms with Crippen molar-refractivity contribution in [3.8, 4) is 0 Å². The standard InChI is InChI=1S/C18H29N5O3/c19-10-15(24)9-17(26)22-7-4-18(5-8-22)3-1-16(25)23(12-18)6-2-14-11-20-13-21-14/h11,13,15,24H,1-10,12,19H2,(H,20,21)/t15-/m1/s1. The molecular weight excluding hydrogens is 334 g/mol. The fourth-order valence-corrected chi connectivity index (χ4v) is 4.04. The van der Waals surface area contributed by atoms with Crippen LogP contribution in [-0.2, 0) is 16.0 Å². The minimum absolute atomic E-state index is 0.0270. The topological polar surface area (TPSA) is 116 Å².